The summed E-state index contributed by atoms with van der Waals surface area (Å²) in [5.74, 6) is -5.36. The maximum atomic E-state index is 13.6. The van der Waals surface area contributed by atoms with Crippen LogP contribution in [0.1, 0.15) is 16.1 Å². The van der Waals surface area contributed by atoms with Crippen molar-refractivity contribution >= 4 is 28.4 Å². The molecular weight excluding hydrogens is 387 g/mol. The lowest BCUT2D eigenvalue weighted by Crippen LogP contribution is -2.33. The molecule has 9 heteroatoms. The largest absolute Gasteiger partial charge is 0.497 e. The van der Waals surface area contributed by atoms with E-state index in [0.717, 1.165) is 6.07 Å². The fraction of sp³-hybridized carbons (Fsp3) is 0.150. The number of amides is 2. The summed E-state index contributed by atoms with van der Waals surface area (Å²) in [7, 11) is 1.52. The Morgan fingerprint density at radius 2 is 1.83 bits per heavy atom. The van der Waals surface area contributed by atoms with Gasteiger partial charge in [-0.1, -0.05) is 0 Å². The van der Waals surface area contributed by atoms with E-state index in [2.05, 4.69) is 15.6 Å². The molecule has 0 bridgehead atoms. The summed E-state index contributed by atoms with van der Waals surface area (Å²) in [6.07, 6.45) is 0. The Labute approximate surface area is 163 Å². The molecule has 3 aromatic rings. The highest BCUT2D eigenvalue weighted by Crippen LogP contribution is 2.22. The van der Waals surface area contributed by atoms with E-state index >= 15 is 0 Å². The van der Waals surface area contributed by atoms with Crippen LogP contribution in [0.4, 0.5) is 18.9 Å². The van der Waals surface area contributed by atoms with E-state index in [1.165, 1.54) is 7.11 Å². The van der Waals surface area contributed by atoms with Crippen molar-refractivity contribution in [2.45, 2.75) is 6.92 Å². The summed E-state index contributed by atoms with van der Waals surface area (Å²) in [6.45, 7) is 1.14. The monoisotopic (exact) mass is 403 g/mol. The quantitative estimate of drug-likeness (QED) is 0.641. The average molecular weight is 403 g/mol. The molecule has 0 saturated heterocycles. The van der Waals surface area contributed by atoms with Gasteiger partial charge < -0.3 is 15.4 Å². The third-order valence-electron chi connectivity index (χ3n) is 4.18. The van der Waals surface area contributed by atoms with Gasteiger partial charge in [0.2, 0.25) is 5.91 Å². The molecule has 150 valence electrons. The summed E-state index contributed by atoms with van der Waals surface area (Å²) in [4.78, 5) is 28.7. The molecule has 0 unspecified atom stereocenters. The summed E-state index contributed by atoms with van der Waals surface area (Å²) in [5, 5.41) is 5.14. The van der Waals surface area contributed by atoms with Gasteiger partial charge in [0.05, 0.1) is 36.1 Å². The SMILES string of the molecule is COc1ccc2nc(C)c(C(=O)NCC(=O)Nc3ccc(F)c(F)c3F)cc2c1. The van der Waals surface area contributed by atoms with Gasteiger partial charge in [-0.2, -0.15) is 0 Å². The number of pyridine rings is 1. The number of carbonyl (C=O) groups excluding carboxylic acids is 2. The first-order chi connectivity index (χ1) is 13.8. The molecule has 1 aromatic heterocycles. The minimum absolute atomic E-state index is 0.248. The standard InChI is InChI=1S/C20H16F3N3O3/c1-10-13(8-11-7-12(29-2)3-5-15(11)25-10)20(28)24-9-17(27)26-16-6-4-14(21)18(22)19(16)23/h3-8H,9H2,1-2H3,(H,24,28)(H,26,27). The number of nitrogens with one attached hydrogen (secondary N) is 2. The Bertz CT molecular complexity index is 1120. The molecule has 2 amide bonds. The van der Waals surface area contributed by atoms with Crippen LogP contribution >= 0.6 is 0 Å². The Balaban J connectivity index is 1.71. The molecule has 0 fully saturated rings. The van der Waals surface area contributed by atoms with Crippen LogP contribution in [0.15, 0.2) is 36.4 Å². The van der Waals surface area contributed by atoms with E-state index in [0.29, 0.717) is 28.4 Å². The van der Waals surface area contributed by atoms with E-state index in [-0.39, 0.29) is 5.56 Å². The normalized spacial score (nSPS) is 10.7. The maximum Gasteiger partial charge on any atom is 0.253 e. The average Bonchev–Trinajstić information content (AvgIpc) is 2.71. The van der Waals surface area contributed by atoms with Gasteiger partial charge in [-0.3, -0.25) is 14.6 Å². The number of aryl methyl sites for hydroxylation is 1. The van der Waals surface area contributed by atoms with Crippen LogP contribution in [0.2, 0.25) is 0 Å². The van der Waals surface area contributed by atoms with Crippen molar-refractivity contribution in [3.05, 3.63) is 65.1 Å². The molecule has 0 aliphatic rings. The molecule has 0 radical (unpaired) electrons. The van der Waals surface area contributed by atoms with Crippen molar-refractivity contribution in [3.8, 4) is 5.75 Å². The van der Waals surface area contributed by atoms with E-state index < -0.39 is 41.5 Å². The van der Waals surface area contributed by atoms with Crippen molar-refractivity contribution in [1.82, 2.24) is 10.3 Å². The van der Waals surface area contributed by atoms with Crippen LogP contribution in [0.25, 0.3) is 10.9 Å². The number of nitrogens with zero attached hydrogens (tertiary/aromatic N) is 1. The zero-order valence-electron chi connectivity index (χ0n) is 15.5. The molecule has 2 aromatic carbocycles. The predicted molar refractivity (Wildman–Crippen MR) is 100 cm³/mol. The molecule has 1 heterocycles. The Morgan fingerprint density at radius 1 is 1.07 bits per heavy atom. The predicted octanol–water partition coefficient (Wildman–Crippen LogP) is 3.34. The molecular formula is C20H16F3N3O3. The van der Waals surface area contributed by atoms with Crippen LogP contribution in [-0.4, -0.2) is 30.5 Å². The van der Waals surface area contributed by atoms with Gasteiger partial charge in [0, 0.05) is 5.39 Å². The van der Waals surface area contributed by atoms with Gasteiger partial charge in [-0.05, 0) is 43.3 Å². The number of fused-ring (bicyclic) bond motifs is 1. The second-order valence-electron chi connectivity index (χ2n) is 6.13. The maximum absolute atomic E-state index is 13.6. The summed E-state index contributed by atoms with van der Waals surface area (Å²) >= 11 is 0. The highest BCUT2D eigenvalue weighted by Gasteiger charge is 2.17. The first kappa shape index (κ1) is 20.1. The van der Waals surface area contributed by atoms with E-state index in [4.69, 9.17) is 4.74 Å². The first-order valence-corrected chi connectivity index (χ1v) is 8.47. The smallest absolute Gasteiger partial charge is 0.253 e. The summed E-state index contributed by atoms with van der Waals surface area (Å²) < 4.78 is 44.9. The van der Waals surface area contributed by atoms with Crippen molar-refractivity contribution in [1.29, 1.82) is 0 Å². The number of hydrogen-bond donors (Lipinski definition) is 2. The number of ether oxygens (including phenoxy) is 1. The molecule has 3 rings (SSSR count). The second kappa shape index (κ2) is 8.17. The number of anilines is 1. The second-order valence-corrected chi connectivity index (χ2v) is 6.13. The fourth-order valence-corrected chi connectivity index (χ4v) is 2.68. The van der Waals surface area contributed by atoms with Crippen LogP contribution in [0, 0.1) is 24.4 Å². The lowest BCUT2D eigenvalue weighted by molar-refractivity contribution is -0.115. The summed E-state index contributed by atoms with van der Waals surface area (Å²) in [6, 6.07) is 8.41. The van der Waals surface area contributed by atoms with Gasteiger partial charge in [0.15, 0.2) is 17.5 Å². The van der Waals surface area contributed by atoms with Crippen molar-refractivity contribution in [2.75, 3.05) is 19.0 Å². The van der Waals surface area contributed by atoms with Crippen LogP contribution < -0.4 is 15.4 Å². The zero-order valence-corrected chi connectivity index (χ0v) is 15.5. The lowest BCUT2D eigenvalue weighted by Gasteiger charge is -2.10. The Morgan fingerprint density at radius 3 is 2.55 bits per heavy atom. The Hall–Kier alpha value is -3.62. The molecule has 0 saturated carbocycles. The van der Waals surface area contributed by atoms with Gasteiger partial charge in [-0.15, -0.1) is 0 Å². The highest BCUT2D eigenvalue weighted by molar-refractivity contribution is 6.01. The molecule has 0 aliphatic heterocycles. The number of methoxy groups -OCH3 is 1. The van der Waals surface area contributed by atoms with Gasteiger partial charge in [0.25, 0.3) is 5.91 Å². The van der Waals surface area contributed by atoms with E-state index in [1.54, 1.807) is 31.2 Å². The number of aromatic nitrogens is 1. The topological polar surface area (TPSA) is 80.3 Å². The van der Waals surface area contributed by atoms with Gasteiger partial charge in [0.1, 0.15) is 5.75 Å². The van der Waals surface area contributed by atoms with E-state index in [9.17, 15) is 22.8 Å². The van der Waals surface area contributed by atoms with Crippen LogP contribution in [0.5, 0.6) is 5.75 Å². The summed E-state index contributed by atoms with van der Waals surface area (Å²) in [5.41, 5.74) is 0.843. The minimum atomic E-state index is -1.69. The first-order valence-electron chi connectivity index (χ1n) is 8.47. The van der Waals surface area contributed by atoms with Gasteiger partial charge >= 0.3 is 0 Å². The highest BCUT2D eigenvalue weighted by atomic mass is 19.2. The zero-order chi connectivity index (χ0) is 21.1. The third kappa shape index (κ3) is 4.29. The number of rotatable bonds is 5. The molecule has 6 nitrogen and oxygen atoms in total. The number of halogens is 3. The van der Waals surface area contributed by atoms with Crippen LogP contribution in [0.3, 0.4) is 0 Å². The minimum Gasteiger partial charge on any atom is -0.497 e. The Kier molecular flexibility index (Phi) is 5.67. The van der Waals surface area contributed by atoms with Crippen molar-refractivity contribution in [2.24, 2.45) is 0 Å². The van der Waals surface area contributed by atoms with Crippen molar-refractivity contribution in [3.63, 3.8) is 0 Å². The molecule has 0 aliphatic carbocycles. The molecule has 0 atom stereocenters. The molecule has 0 spiro atoms. The number of carbonyl (C=O) groups is 2. The van der Waals surface area contributed by atoms with E-state index in [1.807, 2.05) is 0 Å². The number of hydrogen-bond acceptors (Lipinski definition) is 4. The lowest BCUT2D eigenvalue weighted by atomic mass is 10.1. The molecule has 29 heavy (non-hydrogen) atoms. The molecule has 2 N–H and O–H groups in total. The van der Waals surface area contributed by atoms with Crippen LogP contribution in [-0.2, 0) is 4.79 Å². The number of benzene rings is 2. The van der Waals surface area contributed by atoms with Gasteiger partial charge in [-0.25, -0.2) is 13.2 Å². The van der Waals surface area contributed by atoms with Crippen molar-refractivity contribution < 1.29 is 27.5 Å². The third-order valence-corrected chi connectivity index (χ3v) is 4.18. The fourth-order valence-electron chi connectivity index (χ4n) is 2.68.